The Morgan fingerprint density at radius 3 is 2.58 bits per heavy atom. The van der Waals surface area contributed by atoms with Crippen molar-refractivity contribution in [1.29, 1.82) is 0 Å². The van der Waals surface area contributed by atoms with Crippen LogP contribution < -0.4 is 11.3 Å². The van der Waals surface area contributed by atoms with Crippen LogP contribution in [0.4, 0.5) is 4.39 Å². The molecule has 1 unspecified atom stereocenters. The maximum absolute atomic E-state index is 13.1. The summed E-state index contributed by atoms with van der Waals surface area (Å²) in [6.07, 6.45) is 6.06. The zero-order valence-corrected chi connectivity index (χ0v) is 12.1. The van der Waals surface area contributed by atoms with Crippen LogP contribution >= 0.6 is 11.6 Å². The second-order valence-corrected chi connectivity index (χ2v) is 5.91. The molecule has 0 aromatic heterocycles. The highest BCUT2D eigenvalue weighted by Crippen LogP contribution is 2.39. The van der Waals surface area contributed by atoms with Crippen LogP contribution in [-0.2, 0) is 0 Å². The highest BCUT2D eigenvalue weighted by atomic mass is 35.5. The van der Waals surface area contributed by atoms with E-state index in [0.29, 0.717) is 10.9 Å². The van der Waals surface area contributed by atoms with Crippen molar-refractivity contribution in [2.75, 3.05) is 0 Å². The lowest BCUT2D eigenvalue weighted by molar-refractivity contribution is 0.219. The first-order valence-corrected chi connectivity index (χ1v) is 7.44. The summed E-state index contributed by atoms with van der Waals surface area (Å²) in [5.74, 6) is 6.73. The molecule has 1 aliphatic carbocycles. The fourth-order valence-corrected chi connectivity index (χ4v) is 3.45. The molecule has 3 N–H and O–H groups in total. The van der Waals surface area contributed by atoms with E-state index in [-0.39, 0.29) is 11.9 Å². The highest BCUT2D eigenvalue weighted by molar-refractivity contribution is 6.31. The highest BCUT2D eigenvalue weighted by Gasteiger charge is 2.28. The van der Waals surface area contributed by atoms with E-state index < -0.39 is 0 Å². The summed E-state index contributed by atoms with van der Waals surface area (Å²) in [6, 6.07) is 4.57. The van der Waals surface area contributed by atoms with Gasteiger partial charge in [-0.25, -0.2) is 4.39 Å². The van der Waals surface area contributed by atoms with Crippen molar-refractivity contribution >= 4 is 11.6 Å². The van der Waals surface area contributed by atoms with E-state index in [1.807, 2.05) is 0 Å². The minimum absolute atomic E-state index is 0.0194. The predicted octanol–water partition coefficient (Wildman–Crippen LogP) is 4.20. The molecule has 2 nitrogen and oxygen atoms in total. The van der Waals surface area contributed by atoms with Gasteiger partial charge < -0.3 is 0 Å². The van der Waals surface area contributed by atoms with Gasteiger partial charge in [0.15, 0.2) is 0 Å². The molecule has 0 aliphatic heterocycles. The smallest absolute Gasteiger partial charge is 0.124 e. The molecule has 0 spiro atoms. The summed E-state index contributed by atoms with van der Waals surface area (Å²) < 4.78 is 13.1. The first-order valence-electron chi connectivity index (χ1n) is 7.06. The minimum atomic E-state index is -0.306. The van der Waals surface area contributed by atoms with Gasteiger partial charge in [0.1, 0.15) is 5.82 Å². The summed E-state index contributed by atoms with van der Waals surface area (Å²) in [5.41, 5.74) is 3.78. The van der Waals surface area contributed by atoms with Crippen LogP contribution in [0.3, 0.4) is 0 Å². The average molecular weight is 285 g/mol. The molecule has 2 rings (SSSR count). The normalized spacial score (nSPS) is 25.3. The molecule has 0 radical (unpaired) electrons. The summed E-state index contributed by atoms with van der Waals surface area (Å²) >= 11 is 6.14. The SMILES string of the molecule is CCC1CCC(C(NN)c2ccc(F)cc2Cl)CC1. The van der Waals surface area contributed by atoms with Crippen LogP contribution in [0.2, 0.25) is 5.02 Å². The van der Waals surface area contributed by atoms with Crippen LogP contribution in [0.25, 0.3) is 0 Å². The van der Waals surface area contributed by atoms with Gasteiger partial charge in [-0.05, 0) is 42.4 Å². The van der Waals surface area contributed by atoms with Gasteiger partial charge in [0.2, 0.25) is 0 Å². The largest absolute Gasteiger partial charge is 0.271 e. The third kappa shape index (κ3) is 3.47. The molecule has 4 heteroatoms. The van der Waals surface area contributed by atoms with Gasteiger partial charge in [0.25, 0.3) is 0 Å². The van der Waals surface area contributed by atoms with E-state index in [4.69, 9.17) is 17.4 Å². The lowest BCUT2D eigenvalue weighted by atomic mass is 9.76. The van der Waals surface area contributed by atoms with Gasteiger partial charge in [-0.1, -0.05) is 43.9 Å². The zero-order valence-electron chi connectivity index (χ0n) is 11.3. The maximum Gasteiger partial charge on any atom is 0.124 e. The monoisotopic (exact) mass is 284 g/mol. The van der Waals surface area contributed by atoms with E-state index in [0.717, 1.165) is 24.3 Å². The number of rotatable bonds is 4. The number of benzene rings is 1. The molecule has 1 aromatic rings. The topological polar surface area (TPSA) is 38.0 Å². The number of hydrazine groups is 1. The lowest BCUT2D eigenvalue weighted by Crippen LogP contribution is -2.35. The molecule has 0 saturated heterocycles. The van der Waals surface area contributed by atoms with Crippen molar-refractivity contribution in [3.63, 3.8) is 0 Å². The first kappa shape index (κ1) is 14.8. The fourth-order valence-electron chi connectivity index (χ4n) is 3.16. The molecule has 1 fully saturated rings. The van der Waals surface area contributed by atoms with Gasteiger partial charge in [-0.15, -0.1) is 0 Å². The summed E-state index contributed by atoms with van der Waals surface area (Å²) in [6.45, 7) is 2.25. The Morgan fingerprint density at radius 1 is 1.37 bits per heavy atom. The molecule has 0 bridgehead atoms. The number of hydrogen-bond acceptors (Lipinski definition) is 2. The fraction of sp³-hybridized carbons (Fsp3) is 0.600. The Balaban J connectivity index is 2.12. The van der Waals surface area contributed by atoms with Crippen molar-refractivity contribution < 1.29 is 4.39 Å². The van der Waals surface area contributed by atoms with Gasteiger partial charge >= 0.3 is 0 Å². The minimum Gasteiger partial charge on any atom is -0.271 e. The second-order valence-electron chi connectivity index (χ2n) is 5.50. The molecule has 1 saturated carbocycles. The Hall–Kier alpha value is -0.640. The van der Waals surface area contributed by atoms with Gasteiger partial charge in [-0.2, -0.15) is 0 Å². The van der Waals surface area contributed by atoms with E-state index >= 15 is 0 Å². The maximum atomic E-state index is 13.1. The van der Waals surface area contributed by atoms with E-state index in [1.165, 1.54) is 31.4 Å². The van der Waals surface area contributed by atoms with Gasteiger partial charge in [0.05, 0.1) is 6.04 Å². The number of nitrogens with two attached hydrogens (primary N) is 1. The van der Waals surface area contributed by atoms with Crippen LogP contribution in [0.1, 0.15) is 50.6 Å². The van der Waals surface area contributed by atoms with Crippen LogP contribution in [-0.4, -0.2) is 0 Å². The Labute approximate surface area is 119 Å². The van der Waals surface area contributed by atoms with E-state index in [1.54, 1.807) is 6.07 Å². The van der Waals surface area contributed by atoms with E-state index in [9.17, 15) is 4.39 Å². The zero-order chi connectivity index (χ0) is 13.8. The van der Waals surface area contributed by atoms with E-state index in [2.05, 4.69) is 12.3 Å². The van der Waals surface area contributed by atoms with Crippen molar-refractivity contribution in [2.24, 2.45) is 17.7 Å². The second kappa shape index (κ2) is 6.69. The van der Waals surface area contributed by atoms with Crippen molar-refractivity contribution in [3.05, 3.63) is 34.6 Å². The third-order valence-corrected chi connectivity index (χ3v) is 4.74. The molecule has 1 aliphatic rings. The first-order chi connectivity index (χ1) is 9.15. The number of nitrogens with one attached hydrogen (secondary N) is 1. The Kier molecular flexibility index (Phi) is 5.20. The average Bonchev–Trinajstić information content (AvgIpc) is 2.42. The van der Waals surface area contributed by atoms with Crippen LogP contribution in [0.15, 0.2) is 18.2 Å². The molecule has 1 atom stereocenters. The Morgan fingerprint density at radius 2 is 2.05 bits per heavy atom. The quantitative estimate of drug-likeness (QED) is 0.642. The number of halogens is 2. The lowest BCUT2D eigenvalue weighted by Gasteiger charge is -2.33. The molecular weight excluding hydrogens is 263 g/mol. The standard InChI is InChI=1S/C15H22ClFN2/c1-2-10-3-5-11(6-4-10)15(19-18)13-8-7-12(17)9-14(13)16/h7-11,15,19H,2-6,18H2,1H3. The predicted molar refractivity (Wildman–Crippen MR) is 77.2 cm³/mol. The summed E-state index contributed by atoms with van der Waals surface area (Å²) in [5, 5.41) is 0.459. The molecule has 0 amide bonds. The number of hydrogen-bond donors (Lipinski definition) is 2. The van der Waals surface area contributed by atoms with Crippen molar-refractivity contribution in [2.45, 2.75) is 45.1 Å². The summed E-state index contributed by atoms with van der Waals surface area (Å²) in [7, 11) is 0. The third-order valence-electron chi connectivity index (χ3n) is 4.42. The molecular formula is C15H22ClFN2. The van der Waals surface area contributed by atoms with Crippen molar-refractivity contribution in [1.82, 2.24) is 5.43 Å². The van der Waals surface area contributed by atoms with Gasteiger partial charge in [0, 0.05) is 5.02 Å². The van der Waals surface area contributed by atoms with Crippen molar-refractivity contribution in [3.8, 4) is 0 Å². The van der Waals surface area contributed by atoms with Gasteiger partial charge in [-0.3, -0.25) is 11.3 Å². The molecule has 19 heavy (non-hydrogen) atoms. The molecule has 106 valence electrons. The van der Waals surface area contributed by atoms with Crippen LogP contribution in [0.5, 0.6) is 0 Å². The molecule has 0 heterocycles. The molecule has 1 aromatic carbocycles. The summed E-state index contributed by atoms with van der Waals surface area (Å²) in [4.78, 5) is 0. The van der Waals surface area contributed by atoms with Crippen LogP contribution in [0, 0.1) is 17.7 Å². The Bertz CT molecular complexity index is 417.